The van der Waals surface area contributed by atoms with Crippen LogP contribution in [0.25, 0.3) is 0 Å². The van der Waals surface area contributed by atoms with E-state index < -0.39 is 10.0 Å². The molecule has 1 aliphatic carbocycles. The molecule has 0 amide bonds. The molecular weight excluding hydrogens is 218 g/mol. The molecule has 1 aromatic heterocycles. The summed E-state index contributed by atoms with van der Waals surface area (Å²) in [5, 5.41) is 4.66. The number of nitrogens with zero attached hydrogens (tertiary/aromatic N) is 1. The van der Waals surface area contributed by atoms with Crippen molar-refractivity contribution in [2.75, 3.05) is 5.73 Å². The molecule has 0 spiro atoms. The van der Waals surface area contributed by atoms with E-state index in [1.165, 1.54) is 12.1 Å². The van der Waals surface area contributed by atoms with E-state index in [0.29, 0.717) is 5.75 Å². The highest BCUT2D eigenvalue weighted by molar-refractivity contribution is 7.89. The first kappa shape index (κ1) is 10.2. The number of anilines is 1. The van der Waals surface area contributed by atoms with Gasteiger partial charge in [-0.3, -0.25) is 0 Å². The van der Waals surface area contributed by atoms with Crippen molar-refractivity contribution in [2.45, 2.75) is 24.0 Å². The summed E-state index contributed by atoms with van der Waals surface area (Å²) < 4.78 is 27.3. The molecule has 2 rings (SSSR count). The Bertz CT molecular complexity index is 482. The molecule has 4 N–H and O–H groups in total. The highest BCUT2D eigenvalue weighted by atomic mass is 32.2. The molecule has 15 heavy (non-hydrogen) atoms. The van der Waals surface area contributed by atoms with E-state index in [9.17, 15) is 8.42 Å². The molecule has 82 valence electrons. The number of primary sulfonamides is 1. The first-order chi connectivity index (χ1) is 6.97. The maximum Gasteiger partial charge on any atom is 0.255 e. The lowest BCUT2D eigenvalue weighted by Gasteiger charge is -2.07. The predicted octanol–water partition coefficient (Wildman–Crippen LogP) is -0.148. The molecular formula is C8H11N3O3S. The third-order valence-corrected chi connectivity index (χ3v) is 2.78. The fourth-order valence-corrected chi connectivity index (χ4v) is 1.55. The summed E-state index contributed by atoms with van der Waals surface area (Å²) in [6.07, 6.45) is 2.18. The van der Waals surface area contributed by atoms with Gasteiger partial charge in [-0.1, -0.05) is 0 Å². The van der Waals surface area contributed by atoms with Gasteiger partial charge in [0.15, 0.2) is 16.6 Å². The standard InChI is InChI=1S/C8H11N3O3S/c9-8-6(14-5-1-2-5)3-4-7(11-8)15(10,12)13/h3-5H,1-2H2,(H2,9,11)(H2,10,12,13). The molecule has 1 heterocycles. The number of pyridine rings is 1. The Kier molecular flexibility index (Phi) is 2.28. The zero-order valence-electron chi connectivity index (χ0n) is 7.88. The van der Waals surface area contributed by atoms with Gasteiger partial charge in [0.2, 0.25) is 0 Å². The van der Waals surface area contributed by atoms with E-state index in [1.807, 2.05) is 0 Å². The van der Waals surface area contributed by atoms with Gasteiger partial charge in [-0.2, -0.15) is 0 Å². The Hall–Kier alpha value is -1.34. The monoisotopic (exact) mass is 229 g/mol. The summed E-state index contributed by atoms with van der Waals surface area (Å²) in [5.74, 6) is 0.457. The van der Waals surface area contributed by atoms with Crippen molar-refractivity contribution >= 4 is 15.8 Å². The first-order valence-electron chi connectivity index (χ1n) is 4.43. The molecule has 1 saturated carbocycles. The van der Waals surface area contributed by atoms with Gasteiger partial charge in [-0.05, 0) is 25.0 Å². The summed E-state index contributed by atoms with van der Waals surface area (Å²) in [5.41, 5.74) is 5.54. The molecule has 0 aliphatic heterocycles. The quantitative estimate of drug-likeness (QED) is 0.749. The van der Waals surface area contributed by atoms with E-state index in [-0.39, 0.29) is 16.9 Å². The van der Waals surface area contributed by atoms with E-state index in [0.717, 1.165) is 12.8 Å². The van der Waals surface area contributed by atoms with Crippen LogP contribution in [0.15, 0.2) is 17.2 Å². The van der Waals surface area contributed by atoms with Crippen LogP contribution in [-0.4, -0.2) is 19.5 Å². The van der Waals surface area contributed by atoms with Gasteiger partial charge in [-0.25, -0.2) is 18.5 Å². The molecule has 0 saturated heterocycles. The molecule has 6 nitrogen and oxygen atoms in total. The summed E-state index contributed by atoms with van der Waals surface area (Å²) in [6.45, 7) is 0. The summed E-state index contributed by atoms with van der Waals surface area (Å²) in [4.78, 5) is 3.67. The first-order valence-corrected chi connectivity index (χ1v) is 5.97. The van der Waals surface area contributed by atoms with Crippen molar-refractivity contribution in [1.82, 2.24) is 4.98 Å². The Morgan fingerprint density at radius 3 is 2.53 bits per heavy atom. The minimum atomic E-state index is -3.80. The highest BCUT2D eigenvalue weighted by Crippen LogP contribution is 2.29. The van der Waals surface area contributed by atoms with Gasteiger partial charge < -0.3 is 10.5 Å². The predicted molar refractivity (Wildman–Crippen MR) is 53.7 cm³/mol. The fourth-order valence-electron chi connectivity index (χ4n) is 1.07. The number of ether oxygens (including phenoxy) is 1. The van der Waals surface area contributed by atoms with E-state index in [1.54, 1.807) is 0 Å². The molecule has 7 heteroatoms. The van der Waals surface area contributed by atoms with E-state index >= 15 is 0 Å². The van der Waals surface area contributed by atoms with Crippen molar-refractivity contribution in [3.05, 3.63) is 12.1 Å². The van der Waals surface area contributed by atoms with Crippen molar-refractivity contribution in [1.29, 1.82) is 0 Å². The molecule has 0 bridgehead atoms. The number of hydrogen-bond acceptors (Lipinski definition) is 5. The van der Waals surface area contributed by atoms with Crippen LogP contribution in [0.5, 0.6) is 5.75 Å². The smallest absolute Gasteiger partial charge is 0.255 e. The molecule has 1 aromatic rings. The summed E-state index contributed by atoms with van der Waals surface area (Å²) >= 11 is 0. The van der Waals surface area contributed by atoms with Gasteiger partial charge in [-0.15, -0.1) is 0 Å². The normalized spacial score (nSPS) is 16.3. The average Bonchev–Trinajstić information content (AvgIpc) is 2.90. The third-order valence-electron chi connectivity index (χ3n) is 1.97. The lowest BCUT2D eigenvalue weighted by molar-refractivity contribution is 0.303. The fraction of sp³-hybridized carbons (Fsp3) is 0.375. The second-order valence-corrected chi connectivity index (χ2v) is 4.90. The SMILES string of the molecule is Nc1nc(S(N)(=O)=O)ccc1OC1CC1. The third kappa shape index (κ3) is 2.37. The summed E-state index contributed by atoms with van der Waals surface area (Å²) in [7, 11) is -3.80. The minimum absolute atomic E-state index is 0.0495. The molecule has 0 unspecified atom stereocenters. The second-order valence-electron chi connectivity index (χ2n) is 3.40. The largest absolute Gasteiger partial charge is 0.487 e. The number of sulfonamides is 1. The van der Waals surface area contributed by atoms with E-state index in [4.69, 9.17) is 15.6 Å². The second kappa shape index (κ2) is 3.35. The van der Waals surface area contributed by atoms with Crippen LogP contribution < -0.4 is 15.6 Å². The van der Waals surface area contributed by atoms with Gasteiger partial charge in [0.25, 0.3) is 10.0 Å². The van der Waals surface area contributed by atoms with Crippen molar-refractivity contribution < 1.29 is 13.2 Å². The van der Waals surface area contributed by atoms with Crippen molar-refractivity contribution in [3.63, 3.8) is 0 Å². The van der Waals surface area contributed by atoms with Crippen molar-refractivity contribution in [2.24, 2.45) is 5.14 Å². The van der Waals surface area contributed by atoms with Crippen LogP contribution >= 0.6 is 0 Å². The molecule has 0 aromatic carbocycles. The van der Waals surface area contributed by atoms with Crippen LogP contribution in [0.3, 0.4) is 0 Å². The zero-order valence-corrected chi connectivity index (χ0v) is 8.70. The minimum Gasteiger partial charge on any atom is -0.487 e. The van der Waals surface area contributed by atoms with Gasteiger partial charge >= 0.3 is 0 Å². The Morgan fingerprint density at radius 1 is 1.40 bits per heavy atom. The van der Waals surface area contributed by atoms with Crippen LogP contribution in [0.2, 0.25) is 0 Å². The number of nitrogen functional groups attached to an aromatic ring is 1. The highest BCUT2D eigenvalue weighted by Gasteiger charge is 2.25. The Labute approximate surface area is 87.3 Å². The lowest BCUT2D eigenvalue weighted by Crippen LogP contribution is -2.15. The molecule has 0 radical (unpaired) electrons. The van der Waals surface area contributed by atoms with Gasteiger partial charge in [0, 0.05) is 0 Å². The van der Waals surface area contributed by atoms with Gasteiger partial charge in [0.05, 0.1) is 6.10 Å². The Morgan fingerprint density at radius 2 is 2.07 bits per heavy atom. The maximum absolute atomic E-state index is 10.9. The topological polar surface area (TPSA) is 108 Å². The number of nitrogens with two attached hydrogens (primary N) is 2. The van der Waals surface area contributed by atoms with Crippen LogP contribution in [-0.2, 0) is 10.0 Å². The number of rotatable bonds is 3. The number of aromatic nitrogens is 1. The van der Waals surface area contributed by atoms with Crippen LogP contribution in [0, 0.1) is 0 Å². The Balaban J connectivity index is 2.29. The maximum atomic E-state index is 10.9. The summed E-state index contributed by atoms with van der Waals surface area (Å²) in [6, 6.07) is 2.75. The molecule has 0 atom stereocenters. The van der Waals surface area contributed by atoms with Crippen LogP contribution in [0.1, 0.15) is 12.8 Å². The van der Waals surface area contributed by atoms with E-state index in [2.05, 4.69) is 4.98 Å². The number of hydrogen-bond donors (Lipinski definition) is 2. The van der Waals surface area contributed by atoms with Crippen LogP contribution in [0.4, 0.5) is 5.82 Å². The molecule has 1 aliphatic rings. The van der Waals surface area contributed by atoms with Crippen molar-refractivity contribution in [3.8, 4) is 5.75 Å². The lowest BCUT2D eigenvalue weighted by atomic mass is 10.4. The molecule has 1 fully saturated rings. The average molecular weight is 229 g/mol. The van der Waals surface area contributed by atoms with Gasteiger partial charge in [0.1, 0.15) is 0 Å². The zero-order chi connectivity index (χ0) is 11.1.